The molecule has 2 amide bonds. The summed E-state index contributed by atoms with van der Waals surface area (Å²) in [6.07, 6.45) is 2.35. The lowest BCUT2D eigenvalue weighted by molar-refractivity contribution is -0.144. The van der Waals surface area contributed by atoms with Crippen molar-refractivity contribution in [1.29, 1.82) is 0 Å². The Bertz CT molecular complexity index is 368. The maximum atomic E-state index is 12.2. The molecule has 2 aliphatic heterocycles. The molecule has 0 aliphatic carbocycles. The third kappa shape index (κ3) is 5.48. The summed E-state index contributed by atoms with van der Waals surface area (Å²) in [6.45, 7) is 12.0. The molecule has 2 rings (SSSR count). The first-order chi connectivity index (χ1) is 10.8. The van der Waals surface area contributed by atoms with Crippen molar-refractivity contribution in [3.05, 3.63) is 0 Å². The summed E-state index contributed by atoms with van der Waals surface area (Å²) in [7, 11) is 0. The zero-order chi connectivity index (χ0) is 17.0. The molecule has 2 saturated heterocycles. The molecule has 132 valence electrons. The summed E-state index contributed by atoms with van der Waals surface area (Å²) in [5.41, 5.74) is 0. The average molecular weight is 324 g/mol. The minimum atomic E-state index is 0.0107. The van der Waals surface area contributed by atoms with Crippen LogP contribution < -0.4 is 0 Å². The Morgan fingerprint density at radius 1 is 0.739 bits per heavy atom. The molecular formula is C18H32N2O3. The molecule has 4 atom stereocenters. The molecule has 5 nitrogen and oxygen atoms in total. The Kier molecular flexibility index (Phi) is 6.45. The van der Waals surface area contributed by atoms with Crippen molar-refractivity contribution in [2.75, 3.05) is 39.4 Å². The second-order valence-corrected chi connectivity index (χ2v) is 7.98. The van der Waals surface area contributed by atoms with Crippen LogP contribution in [0.15, 0.2) is 0 Å². The summed E-state index contributed by atoms with van der Waals surface area (Å²) in [6, 6.07) is 0. The number of amides is 2. The van der Waals surface area contributed by atoms with Gasteiger partial charge in [0.25, 0.3) is 0 Å². The number of ether oxygens (including phenoxy) is 1. The highest BCUT2D eigenvalue weighted by atomic mass is 16.5. The molecule has 0 spiro atoms. The van der Waals surface area contributed by atoms with Gasteiger partial charge in [0.15, 0.2) is 0 Å². The predicted molar refractivity (Wildman–Crippen MR) is 89.9 cm³/mol. The van der Waals surface area contributed by atoms with Crippen LogP contribution in [-0.2, 0) is 14.3 Å². The molecule has 2 fully saturated rings. The SMILES string of the molecule is CC1CC(C)CN(C(=O)COCC(=O)N2CC(C)CC(C)C2)C1. The van der Waals surface area contributed by atoms with Gasteiger partial charge in [0.1, 0.15) is 13.2 Å². The summed E-state index contributed by atoms with van der Waals surface area (Å²) >= 11 is 0. The van der Waals surface area contributed by atoms with Crippen molar-refractivity contribution < 1.29 is 14.3 Å². The molecule has 0 saturated carbocycles. The normalized spacial score (nSPS) is 32.0. The highest BCUT2D eigenvalue weighted by Gasteiger charge is 2.27. The molecule has 0 radical (unpaired) electrons. The maximum absolute atomic E-state index is 12.2. The minimum Gasteiger partial charge on any atom is -0.362 e. The van der Waals surface area contributed by atoms with Crippen LogP contribution in [0.25, 0.3) is 0 Å². The van der Waals surface area contributed by atoms with Gasteiger partial charge >= 0.3 is 0 Å². The van der Waals surface area contributed by atoms with E-state index in [9.17, 15) is 9.59 Å². The number of hydrogen-bond donors (Lipinski definition) is 0. The minimum absolute atomic E-state index is 0.0107. The molecule has 5 heteroatoms. The molecule has 0 bridgehead atoms. The first-order valence-corrected chi connectivity index (χ1v) is 8.98. The van der Waals surface area contributed by atoms with Crippen molar-refractivity contribution >= 4 is 11.8 Å². The van der Waals surface area contributed by atoms with Crippen LogP contribution in [-0.4, -0.2) is 61.0 Å². The molecule has 0 aromatic carbocycles. The molecule has 0 aromatic heterocycles. The fourth-order valence-corrected chi connectivity index (χ4v) is 4.14. The molecule has 2 heterocycles. The largest absolute Gasteiger partial charge is 0.362 e. The van der Waals surface area contributed by atoms with Gasteiger partial charge in [0.05, 0.1) is 0 Å². The van der Waals surface area contributed by atoms with E-state index >= 15 is 0 Å². The maximum Gasteiger partial charge on any atom is 0.248 e. The first kappa shape index (κ1) is 18.2. The highest BCUT2D eigenvalue weighted by molar-refractivity contribution is 5.80. The second-order valence-electron chi connectivity index (χ2n) is 7.98. The van der Waals surface area contributed by atoms with E-state index in [0.29, 0.717) is 23.7 Å². The van der Waals surface area contributed by atoms with Crippen LogP contribution in [0.3, 0.4) is 0 Å². The Morgan fingerprint density at radius 2 is 1.04 bits per heavy atom. The van der Waals surface area contributed by atoms with E-state index < -0.39 is 0 Å². The Morgan fingerprint density at radius 3 is 1.35 bits per heavy atom. The number of carbonyl (C=O) groups excluding carboxylic acids is 2. The molecule has 4 unspecified atom stereocenters. The summed E-state index contributed by atoms with van der Waals surface area (Å²) in [4.78, 5) is 28.2. The molecule has 2 aliphatic rings. The van der Waals surface area contributed by atoms with Gasteiger partial charge in [-0.25, -0.2) is 0 Å². The first-order valence-electron chi connectivity index (χ1n) is 8.98. The van der Waals surface area contributed by atoms with E-state index in [1.54, 1.807) is 0 Å². The van der Waals surface area contributed by atoms with Crippen molar-refractivity contribution in [1.82, 2.24) is 9.80 Å². The number of piperidine rings is 2. The number of rotatable bonds is 4. The Hall–Kier alpha value is -1.10. The summed E-state index contributed by atoms with van der Waals surface area (Å²) in [5.74, 6) is 2.19. The van der Waals surface area contributed by atoms with Crippen LogP contribution in [0.5, 0.6) is 0 Å². The quantitative estimate of drug-likeness (QED) is 0.795. The third-order valence-corrected chi connectivity index (χ3v) is 4.89. The summed E-state index contributed by atoms with van der Waals surface area (Å²) in [5, 5.41) is 0. The van der Waals surface area contributed by atoms with Crippen molar-refractivity contribution in [3.63, 3.8) is 0 Å². The fourth-order valence-electron chi connectivity index (χ4n) is 4.14. The van der Waals surface area contributed by atoms with Crippen LogP contribution >= 0.6 is 0 Å². The third-order valence-electron chi connectivity index (χ3n) is 4.89. The zero-order valence-electron chi connectivity index (χ0n) is 15.1. The average Bonchev–Trinajstić information content (AvgIpc) is 2.44. The summed E-state index contributed by atoms with van der Waals surface area (Å²) < 4.78 is 5.42. The van der Waals surface area contributed by atoms with Crippen LogP contribution in [0.2, 0.25) is 0 Å². The van der Waals surface area contributed by atoms with Gasteiger partial charge < -0.3 is 14.5 Å². The van der Waals surface area contributed by atoms with E-state index in [2.05, 4.69) is 27.7 Å². The molecule has 23 heavy (non-hydrogen) atoms. The predicted octanol–water partition coefficient (Wildman–Crippen LogP) is 2.01. The van der Waals surface area contributed by atoms with E-state index in [0.717, 1.165) is 26.2 Å². The smallest absolute Gasteiger partial charge is 0.248 e. The molecule has 0 aromatic rings. The van der Waals surface area contributed by atoms with Gasteiger partial charge in [-0.1, -0.05) is 27.7 Å². The van der Waals surface area contributed by atoms with Crippen LogP contribution in [0, 0.1) is 23.7 Å². The van der Waals surface area contributed by atoms with Crippen LogP contribution in [0.1, 0.15) is 40.5 Å². The van der Waals surface area contributed by atoms with E-state index in [1.807, 2.05) is 9.80 Å². The van der Waals surface area contributed by atoms with E-state index in [1.165, 1.54) is 12.8 Å². The van der Waals surface area contributed by atoms with Crippen molar-refractivity contribution in [3.8, 4) is 0 Å². The van der Waals surface area contributed by atoms with E-state index in [-0.39, 0.29) is 25.0 Å². The lowest BCUT2D eigenvalue weighted by atomic mass is 9.92. The monoisotopic (exact) mass is 324 g/mol. The molecule has 0 N–H and O–H groups in total. The topological polar surface area (TPSA) is 49.9 Å². The Balaban J connectivity index is 1.71. The number of hydrogen-bond acceptors (Lipinski definition) is 3. The highest BCUT2D eigenvalue weighted by Crippen LogP contribution is 2.22. The lowest BCUT2D eigenvalue weighted by Crippen LogP contribution is -2.46. The van der Waals surface area contributed by atoms with Gasteiger partial charge in [-0.2, -0.15) is 0 Å². The van der Waals surface area contributed by atoms with Gasteiger partial charge in [-0.3, -0.25) is 9.59 Å². The number of likely N-dealkylation sites (tertiary alicyclic amines) is 2. The lowest BCUT2D eigenvalue weighted by Gasteiger charge is -2.35. The van der Waals surface area contributed by atoms with Gasteiger partial charge in [-0.15, -0.1) is 0 Å². The Labute approximate surface area is 140 Å². The van der Waals surface area contributed by atoms with E-state index in [4.69, 9.17) is 4.74 Å². The standard InChI is InChI=1S/C18H32N2O3/c1-13-5-14(2)8-19(7-13)17(21)11-23-12-18(22)20-9-15(3)6-16(4)10-20/h13-16H,5-12H2,1-4H3. The van der Waals surface area contributed by atoms with Gasteiger partial charge in [0, 0.05) is 26.2 Å². The van der Waals surface area contributed by atoms with Crippen molar-refractivity contribution in [2.24, 2.45) is 23.7 Å². The zero-order valence-corrected chi connectivity index (χ0v) is 15.1. The number of carbonyl (C=O) groups is 2. The second kappa shape index (κ2) is 8.13. The van der Waals surface area contributed by atoms with Crippen molar-refractivity contribution in [2.45, 2.75) is 40.5 Å². The fraction of sp³-hybridized carbons (Fsp3) is 0.889. The molecular weight excluding hydrogens is 292 g/mol. The van der Waals surface area contributed by atoms with Gasteiger partial charge in [-0.05, 0) is 36.5 Å². The van der Waals surface area contributed by atoms with Crippen LogP contribution in [0.4, 0.5) is 0 Å². The van der Waals surface area contributed by atoms with Gasteiger partial charge in [0.2, 0.25) is 11.8 Å². The number of nitrogens with zero attached hydrogens (tertiary/aromatic N) is 2.